The number of benzene rings is 1. The summed E-state index contributed by atoms with van der Waals surface area (Å²) in [5, 5.41) is 25.8. The minimum atomic E-state index is -0.898. The molecule has 0 aliphatic heterocycles. The van der Waals surface area contributed by atoms with Crippen molar-refractivity contribution in [1.29, 1.82) is 0 Å². The maximum absolute atomic E-state index is 12.0. The molecule has 7 nitrogen and oxygen atoms in total. The molecule has 0 aromatic heterocycles. The van der Waals surface area contributed by atoms with Crippen molar-refractivity contribution in [3.8, 4) is 5.75 Å². The second-order valence-electron chi connectivity index (χ2n) is 4.54. The lowest BCUT2D eigenvalue weighted by Gasteiger charge is -2.24. The molecular formula is C12H17N3O4. The van der Waals surface area contributed by atoms with Gasteiger partial charge in [0.1, 0.15) is 5.75 Å². The van der Waals surface area contributed by atoms with Crippen LogP contribution in [0.3, 0.4) is 0 Å². The lowest BCUT2D eigenvalue weighted by Crippen LogP contribution is -2.49. The quantitative estimate of drug-likeness (QED) is 0.427. The van der Waals surface area contributed by atoms with E-state index in [1.165, 1.54) is 18.2 Å². The Hall–Kier alpha value is -2.15. The molecule has 0 bridgehead atoms. The molecule has 1 aromatic carbocycles. The van der Waals surface area contributed by atoms with Crippen LogP contribution >= 0.6 is 0 Å². The largest absolute Gasteiger partial charge is 0.505 e. The summed E-state index contributed by atoms with van der Waals surface area (Å²) < 4.78 is 0. The van der Waals surface area contributed by atoms with Gasteiger partial charge in [0.2, 0.25) is 5.91 Å². The van der Waals surface area contributed by atoms with Gasteiger partial charge in [0.05, 0.1) is 10.5 Å². The minimum absolute atomic E-state index is 0.191. The van der Waals surface area contributed by atoms with Gasteiger partial charge >= 0.3 is 0 Å². The van der Waals surface area contributed by atoms with Crippen molar-refractivity contribution in [2.75, 3.05) is 11.9 Å². The second kappa shape index (κ2) is 5.66. The first-order valence-corrected chi connectivity index (χ1v) is 5.82. The molecule has 0 atom stereocenters. The summed E-state index contributed by atoms with van der Waals surface area (Å²) in [6.45, 7) is 5.72. The van der Waals surface area contributed by atoms with Gasteiger partial charge in [-0.3, -0.25) is 14.9 Å². The standard InChI is InChI=1S/C12H17N3O4/c1-4-13-12(2,3)11(17)14-10-8(15(18)19)6-5-7-9(10)16/h5-7,13,16H,4H2,1-3H3,(H,14,17). The molecule has 0 radical (unpaired) electrons. The van der Waals surface area contributed by atoms with Crippen LogP contribution in [0.4, 0.5) is 11.4 Å². The molecule has 0 fully saturated rings. The molecule has 1 aromatic rings. The van der Waals surface area contributed by atoms with Crippen molar-refractivity contribution in [3.05, 3.63) is 28.3 Å². The third-order valence-electron chi connectivity index (χ3n) is 2.64. The smallest absolute Gasteiger partial charge is 0.296 e. The van der Waals surface area contributed by atoms with Crippen LogP contribution in [0.2, 0.25) is 0 Å². The maximum atomic E-state index is 12.0. The summed E-state index contributed by atoms with van der Waals surface area (Å²) in [6.07, 6.45) is 0. The summed E-state index contributed by atoms with van der Waals surface area (Å²) >= 11 is 0. The van der Waals surface area contributed by atoms with E-state index in [1.807, 2.05) is 6.92 Å². The zero-order valence-corrected chi connectivity index (χ0v) is 11.1. The lowest BCUT2D eigenvalue weighted by atomic mass is 10.0. The number of anilines is 1. The van der Waals surface area contributed by atoms with Gasteiger partial charge in [-0.25, -0.2) is 0 Å². The van der Waals surface area contributed by atoms with E-state index in [9.17, 15) is 20.0 Å². The summed E-state index contributed by atoms with van der Waals surface area (Å²) in [5.41, 5.74) is -1.44. The summed E-state index contributed by atoms with van der Waals surface area (Å²) in [5.74, 6) is -0.797. The van der Waals surface area contributed by atoms with Gasteiger partial charge in [0.25, 0.3) is 5.69 Å². The van der Waals surface area contributed by atoms with Crippen molar-refractivity contribution in [2.24, 2.45) is 0 Å². The Morgan fingerprint density at radius 1 is 1.47 bits per heavy atom. The number of nitro groups is 1. The molecule has 7 heteroatoms. The monoisotopic (exact) mass is 267 g/mol. The van der Waals surface area contributed by atoms with E-state index < -0.39 is 16.4 Å². The van der Waals surface area contributed by atoms with Crippen LogP contribution in [0.5, 0.6) is 5.75 Å². The van der Waals surface area contributed by atoms with E-state index in [-0.39, 0.29) is 17.1 Å². The first-order chi connectivity index (χ1) is 8.79. The zero-order chi connectivity index (χ0) is 14.6. The van der Waals surface area contributed by atoms with Crippen molar-refractivity contribution >= 4 is 17.3 Å². The third-order valence-corrected chi connectivity index (χ3v) is 2.64. The molecule has 0 saturated carbocycles. The molecule has 3 N–H and O–H groups in total. The van der Waals surface area contributed by atoms with Crippen molar-refractivity contribution < 1.29 is 14.8 Å². The number of amides is 1. The van der Waals surface area contributed by atoms with E-state index in [0.29, 0.717) is 6.54 Å². The number of carbonyl (C=O) groups excluding carboxylic acids is 1. The van der Waals surface area contributed by atoms with E-state index in [2.05, 4.69) is 10.6 Å². The molecule has 0 aliphatic carbocycles. The number of aromatic hydroxyl groups is 1. The first kappa shape index (κ1) is 14.9. The number of phenolic OH excluding ortho intramolecular Hbond substituents is 1. The number of nitro benzene ring substituents is 1. The average Bonchev–Trinajstić information content (AvgIpc) is 2.31. The summed E-state index contributed by atoms with van der Waals surface area (Å²) in [4.78, 5) is 22.2. The Morgan fingerprint density at radius 3 is 2.63 bits per heavy atom. The molecule has 0 heterocycles. The second-order valence-corrected chi connectivity index (χ2v) is 4.54. The number of phenols is 1. The molecule has 0 unspecified atom stereocenters. The van der Waals surface area contributed by atoms with Gasteiger partial charge in [0, 0.05) is 6.07 Å². The fourth-order valence-electron chi connectivity index (χ4n) is 1.60. The zero-order valence-electron chi connectivity index (χ0n) is 11.1. The number of nitrogens with one attached hydrogen (secondary N) is 2. The molecule has 0 aliphatic rings. The Bertz CT molecular complexity index is 500. The van der Waals surface area contributed by atoms with Crippen LogP contribution in [-0.4, -0.2) is 28.0 Å². The van der Waals surface area contributed by atoms with Crippen LogP contribution < -0.4 is 10.6 Å². The molecule has 0 saturated heterocycles. The van der Waals surface area contributed by atoms with Crippen LogP contribution in [-0.2, 0) is 4.79 Å². The van der Waals surface area contributed by atoms with E-state index in [4.69, 9.17) is 0 Å². The third kappa shape index (κ3) is 3.41. The van der Waals surface area contributed by atoms with Gasteiger partial charge in [-0.15, -0.1) is 0 Å². The predicted molar refractivity (Wildman–Crippen MR) is 71.1 cm³/mol. The van der Waals surface area contributed by atoms with Gasteiger partial charge in [-0.05, 0) is 26.5 Å². The summed E-state index contributed by atoms with van der Waals surface area (Å²) in [7, 11) is 0. The number of rotatable bonds is 5. The lowest BCUT2D eigenvalue weighted by molar-refractivity contribution is -0.384. The highest BCUT2D eigenvalue weighted by Gasteiger charge is 2.29. The SMILES string of the molecule is CCNC(C)(C)C(=O)Nc1c(O)cccc1[N+](=O)[O-]. The number of para-hydroxylation sites is 1. The molecule has 1 rings (SSSR count). The van der Waals surface area contributed by atoms with E-state index in [0.717, 1.165) is 0 Å². The Morgan fingerprint density at radius 2 is 2.11 bits per heavy atom. The van der Waals surface area contributed by atoms with Crippen molar-refractivity contribution in [1.82, 2.24) is 5.32 Å². The number of hydrogen-bond acceptors (Lipinski definition) is 5. The number of nitrogens with zero attached hydrogens (tertiary/aromatic N) is 1. The maximum Gasteiger partial charge on any atom is 0.296 e. The van der Waals surface area contributed by atoms with E-state index in [1.54, 1.807) is 13.8 Å². The van der Waals surface area contributed by atoms with Gasteiger partial charge in [-0.2, -0.15) is 0 Å². The Balaban J connectivity index is 3.06. The van der Waals surface area contributed by atoms with Crippen LogP contribution in [0.25, 0.3) is 0 Å². The van der Waals surface area contributed by atoms with Crippen LogP contribution in [0, 0.1) is 10.1 Å². The van der Waals surface area contributed by atoms with Gasteiger partial charge in [0.15, 0.2) is 5.69 Å². The van der Waals surface area contributed by atoms with Crippen molar-refractivity contribution in [3.63, 3.8) is 0 Å². The van der Waals surface area contributed by atoms with Crippen LogP contribution in [0.1, 0.15) is 20.8 Å². The van der Waals surface area contributed by atoms with Crippen molar-refractivity contribution in [2.45, 2.75) is 26.3 Å². The Labute approximate surface area is 110 Å². The number of carbonyl (C=O) groups is 1. The first-order valence-electron chi connectivity index (χ1n) is 5.82. The van der Waals surface area contributed by atoms with Gasteiger partial charge in [-0.1, -0.05) is 13.0 Å². The Kier molecular flexibility index (Phi) is 4.44. The van der Waals surface area contributed by atoms with Crippen LogP contribution in [0.15, 0.2) is 18.2 Å². The highest BCUT2D eigenvalue weighted by atomic mass is 16.6. The average molecular weight is 267 g/mol. The summed E-state index contributed by atoms with van der Waals surface area (Å²) in [6, 6.07) is 3.84. The fourth-order valence-corrected chi connectivity index (χ4v) is 1.60. The molecule has 1 amide bonds. The number of likely N-dealkylation sites (N-methyl/N-ethyl adjacent to an activating group) is 1. The van der Waals surface area contributed by atoms with Gasteiger partial charge < -0.3 is 15.7 Å². The molecule has 0 spiro atoms. The van der Waals surface area contributed by atoms with E-state index >= 15 is 0 Å². The highest BCUT2D eigenvalue weighted by Crippen LogP contribution is 2.33. The molecular weight excluding hydrogens is 250 g/mol. The molecule has 104 valence electrons. The minimum Gasteiger partial charge on any atom is -0.505 e. The fraction of sp³-hybridized carbons (Fsp3) is 0.417. The molecule has 19 heavy (non-hydrogen) atoms. The highest BCUT2D eigenvalue weighted by molar-refractivity contribution is 6.00. The topological polar surface area (TPSA) is 104 Å². The normalized spacial score (nSPS) is 11.1. The number of hydrogen-bond donors (Lipinski definition) is 3. The predicted octanol–water partition coefficient (Wildman–Crippen LogP) is 1.63.